The van der Waals surface area contributed by atoms with Crippen molar-refractivity contribution in [1.29, 1.82) is 0 Å². The monoisotopic (exact) mass is 419 g/mol. The molecule has 0 fully saturated rings. The van der Waals surface area contributed by atoms with Crippen molar-refractivity contribution < 1.29 is 4.79 Å². The topological polar surface area (TPSA) is 46.9 Å². The number of benzene rings is 2. The second-order valence-electron chi connectivity index (χ2n) is 4.58. The van der Waals surface area contributed by atoms with Gasteiger partial charge in [-0.3, -0.25) is 4.79 Å². The molecule has 0 atom stereocenters. The average molecular weight is 421 g/mol. The Balaban J connectivity index is 1.85. The summed E-state index contributed by atoms with van der Waals surface area (Å²) in [6, 6.07) is 14.7. The first-order valence-electron chi connectivity index (χ1n) is 6.50. The minimum atomic E-state index is -0.169. The molecular formula is C16H11Br2N3O. The van der Waals surface area contributed by atoms with Gasteiger partial charge >= 0.3 is 0 Å². The van der Waals surface area contributed by atoms with Gasteiger partial charge in [0.1, 0.15) is 0 Å². The molecule has 0 radical (unpaired) electrons. The fourth-order valence-corrected chi connectivity index (χ4v) is 3.14. The predicted molar refractivity (Wildman–Crippen MR) is 93.4 cm³/mol. The largest absolute Gasteiger partial charge is 0.321 e. The summed E-state index contributed by atoms with van der Waals surface area (Å²) in [5.74, 6) is -0.169. The van der Waals surface area contributed by atoms with Gasteiger partial charge in [0, 0.05) is 26.9 Å². The number of aromatic nitrogens is 2. The number of nitrogens with zero attached hydrogens (tertiary/aromatic N) is 2. The van der Waals surface area contributed by atoms with Gasteiger partial charge in [0.05, 0.1) is 11.4 Å². The molecule has 2 aromatic carbocycles. The Morgan fingerprint density at radius 2 is 1.95 bits per heavy atom. The van der Waals surface area contributed by atoms with Crippen LogP contribution in [-0.4, -0.2) is 15.7 Å². The molecule has 1 amide bonds. The molecular weight excluding hydrogens is 410 g/mol. The van der Waals surface area contributed by atoms with Crippen LogP contribution in [0, 0.1) is 0 Å². The van der Waals surface area contributed by atoms with Crippen molar-refractivity contribution in [2.45, 2.75) is 0 Å². The minimum Gasteiger partial charge on any atom is -0.321 e. The van der Waals surface area contributed by atoms with Gasteiger partial charge < -0.3 is 5.32 Å². The lowest BCUT2D eigenvalue weighted by Crippen LogP contribution is -2.12. The molecule has 0 bridgehead atoms. The molecule has 22 heavy (non-hydrogen) atoms. The number of carbonyl (C=O) groups is 1. The van der Waals surface area contributed by atoms with Crippen LogP contribution in [0.5, 0.6) is 0 Å². The van der Waals surface area contributed by atoms with E-state index in [1.54, 1.807) is 23.0 Å². The predicted octanol–water partition coefficient (Wildman–Crippen LogP) is 4.65. The zero-order valence-electron chi connectivity index (χ0n) is 11.3. The second-order valence-corrected chi connectivity index (χ2v) is 6.35. The molecule has 0 spiro atoms. The van der Waals surface area contributed by atoms with Gasteiger partial charge in [0.25, 0.3) is 5.91 Å². The highest BCUT2D eigenvalue weighted by molar-refractivity contribution is 9.11. The third kappa shape index (κ3) is 3.28. The minimum absolute atomic E-state index is 0.169. The van der Waals surface area contributed by atoms with Gasteiger partial charge in [-0.15, -0.1) is 0 Å². The molecule has 110 valence electrons. The number of carbonyl (C=O) groups excluding carboxylic acids is 1. The van der Waals surface area contributed by atoms with E-state index < -0.39 is 0 Å². The number of anilines is 1. The highest BCUT2D eigenvalue weighted by atomic mass is 79.9. The lowest BCUT2D eigenvalue weighted by atomic mass is 10.2. The van der Waals surface area contributed by atoms with Crippen LogP contribution in [0.15, 0.2) is 69.9 Å². The lowest BCUT2D eigenvalue weighted by Gasteiger charge is -2.09. The fraction of sp³-hybridized carbons (Fsp3) is 0. The van der Waals surface area contributed by atoms with Gasteiger partial charge in [-0.05, 0) is 58.4 Å². The zero-order valence-corrected chi connectivity index (χ0v) is 14.5. The molecule has 6 heteroatoms. The quantitative estimate of drug-likeness (QED) is 0.670. The van der Waals surface area contributed by atoms with Gasteiger partial charge in [-0.2, -0.15) is 5.10 Å². The highest BCUT2D eigenvalue weighted by Gasteiger charge is 2.09. The fourth-order valence-electron chi connectivity index (χ4n) is 2.00. The van der Waals surface area contributed by atoms with Crippen molar-refractivity contribution in [3.8, 4) is 5.69 Å². The number of hydrogen-bond acceptors (Lipinski definition) is 2. The van der Waals surface area contributed by atoms with Crippen molar-refractivity contribution >= 4 is 43.5 Å². The van der Waals surface area contributed by atoms with Crippen LogP contribution in [0.1, 0.15) is 10.4 Å². The Kier molecular flexibility index (Phi) is 4.40. The summed E-state index contributed by atoms with van der Waals surface area (Å²) in [5.41, 5.74) is 2.13. The van der Waals surface area contributed by atoms with Crippen LogP contribution in [0.25, 0.3) is 5.69 Å². The Labute approximate surface area is 144 Å². The maximum absolute atomic E-state index is 12.4. The van der Waals surface area contributed by atoms with Crippen LogP contribution < -0.4 is 5.32 Å². The third-order valence-electron chi connectivity index (χ3n) is 3.06. The molecule has 0 aliphatic rings. The van der Waals surface area contributed by atoms with Crippen LogP contribution in [0.3, 0.4) is 0 Å². The van der Waals surface area contributed by atoms with Crippen molar-refractivity contribution in [3.05, 3.63) is 75.4 Å². The highest BCUT2D eigenvalue weighted by Crippen LogP contribution is 2.26. The van der Waals surface area contributed by atoms with Gasteiger partial charge in [-0.25, -0.2) is 4.68 Å². The average Bonchev–Trinajstić information content (AvgIpc) is 3.04. The van der Waals surface area contributed by atoms with Crippen LogP contribution in [0.4, 0.5) is 5.69 Å². The molecule has 4 nitrogen and oxygen atoms in total. The first-order chi connectivity index (χ1) is 10.6. The molecule has 1 aromatic heterocycles. The van der Waals surface area contributed by atoms with Crippen LogP contribution in [-0.2, 0) is 0 Å². The Morgan fingerprint density at radius 1 is 1.09 bits per heavy atom. The van der Waals surface area contributed by atoms with Crippen molar-refractivity contribution in [3.63, 3.8) is 0 Å². The smallest absolute Gasteiger partial charge is 0.255 e. The summed E-state index contributed by atoms with van der Waals surface area (Å²) in [6.45, 7) is 0. The van der Waals surface area contributed by atoms with E-state index in [-0.39, 0.29) is 5.91 Å². The Morgan fingerprint density at radius 3 is 2.68 bits per heavy atom. The van der Waals surface area contributed by atoms with Gasteiger partial charge in [0.15, 0.2) is 0 Å². The maximum Gasteiger partial charge on any atom is 0.255 e. The number of rotatable bonds is 3. The van der Waals surface area contributed by atoms with E-state index in [2.05, 4.69) is 42.3 Å². The summed E-state index contributed by atoms with van der Waals surface area (Å²) in [4.78, 5) is 12.4. The summed E-state index contributed by atoms with van der Waals surface area (Å²) >= 11 is 6.82. The number of nitrogens with one attached hydrogen (secondary N) is 1. The molecule has 0 saturated heterocycles. The number of amides is 1. The van der Waals surface area contributed by atoms with E-state index in [4.69, 9.17) is 0 Å². The molecule has 3 aromatic rings. The second kappa shape index (κ2) is 6.46. The zero-order chi connectivity index (χ0) is 15.5. The lowest BCUT2D eigenvalue weighted by molar-refractivity contribution is 0.102. The summed E-state index contributed by atoms with van der Waals surface area (Å²) < 4.78 is 3.48. The third-order valence-corrected chi connectivity index (χ3v) is 4.21. The number of halogens is 2. The molecule has 0 aliphatic heterocycles. The molecule has 0 aliphatic carbocycles. The SMILES string of the molecule is O=C(Nc1ccc(Br)cc1Br)c1cccc(-n2cccn2)c1. The first-order valence-corrected chi connectivity index (χ1v) is 8.08. The van der Waals surface area contributed by atoms with Crippen molar-refractivity contribution in [1.82, 2.24) is 9.78 Å². The van der Waals surface area contributed by atoms with E-state index in [9.17, 15) is 4.79 Å². The molecule has 3 rings (SSSR count). The van der Waals surface area contributed by atoms with E-state index in [0.29, 0.717) is 5.56 Å². The standard InChI is InChI=1S/C16H11Br2N3O/c17-12-5-6-15(14(18)10-12)20-16(22)11-3-1-4-13(9-11)21-8-2-7-19-21/h1-10H,(H,20,22). The summed E-state index contributed by atoms with van der Waals surface area (Å²) in [6.07, 6.45) is 3.54. The molecule has 1 N–H and O–H groups in total. The molecule has 0 unspecified atom stereocenters. The Bertz CT molecular complexity index is 816. The van der Waals surface area contributed by atoms with Crippen molar-refractivity contribution in [2.24, 2.45) is 0 Å². The normalized spacial score (nSPS) is 10.5. The molecule has 1 heterocycles. The van der Waals surface area contributed by atoms with Crippen LogP contribution in [0.2, 0.25) is 0 Å². The van der Waals surface area contributed by atoms with Crippen LogP contribution >= 0.6 is 31.9 Å². The van der Waals surface area contributed by atoms with E-state index in [1.165, 1.54) is 0 Å². The summed E-state index contributed by atoms with van der Waals surface area (Å²) in [5, 5.41) is 7.06. The van der Waals surface area contributed by atoms with E-state index in [1.807, 2.05) is 42.6 Å². The van der Waals surface area contributed by atoms with E-state index >= 15 is 0 Å². The summed E-state index contributed by atoms with van der Waals surface area (Å²) in [7, 11) is 0. The number of hydrogen-bond donors (Lipinski definition) is 1. The van der Waals surface area contributed by atoms with Gasteiger partial charge in [0.2, 0.25) is 0 Å². The molecule has 0 saturated carbocycles. The van der Waals surface area contributed by atoms with Crippen molar-refractivity contribution in [2.75, 3.05) is 5.32 Å². The maximum atomic E-state index is 12.4. The Hall–Kier alpha value is -1.92. The van der Waals surface area contributed by atoms with Gasteiger partial charge in [-0.1, -0.05) is 22.0 Å². The van der Waals surface area contributed by atoms with E-state index in [0.717, 1.165) is 20.3 Å². The first kappa shape index (κ1) is 15.0.